The maximum Gasteiger partial charge on any atom is 0.191 e. The van der Waals surface area contributed by atoms with Gasteiger partial charge in [0.1, 0.15) is 5.76 Å². The van der Waals surface area contributed by atoms with Crippen molar-refractivity contribution in [2.75, 3.05) is 19.3 Å². The number of guanidine groups is 1. The normalized spacial score (nSPS) is 21.1. The summed E-state index contributed by atoms with van der Waals surface area (Å²) in [6, 6.07) is 0.550. The van der Waals surface area contributed by atoms with E-state index in [2.05, 4.69) is 29.0 Å². The molecule has 1 fully saturated rings. The lowest BCUT2D eigenvalue weighted by atomic mass is 10.1. The lowest BCUT2D eigenvalue weighted by Crippen LogP contribution is -2.42. The van der Waals surface area contributed by atoms with Gasteiger partial charge in [-0.05, 0) is 52.7 Å². The number of thioether (sulfide) groups is 1. The smallest absolute Gasteiger partial charge is 0.191 e. The average molecular weight is 452 g/mol. The van der Waals surface area contributed by atoms with E-state index >= 15 is 0 Å². The quantitative estimate of drug-likeness (QED) is 0.394. The van der Waals surface area contributed by atoms with Gasteiger partial charge in [0.15, 0.2) is 5.96 Å². The maximum atomic E-state index is 5.20. The number of hydrogen-bond acceptors (Lipinski definition) is 4. The van der Waals surface area contributed by atoms with E-state index in [-0.39, 0.29) is 24.0 Å². The molecular weight excluding hydrogens is 423 g/mol. The van der Waals surface area contributed by atoms with Crippen LogP contribution in [0.4, 0.5) is 0 Å². The second-order valence-corrected chi connectivity index (χ2v) is 6.96. The summed E-state index contributed by atoms with van der Waals surface area (Å²) in [4.78, 5) is 4.70. The van der Waals surface area contributed by atoms with Gasteiger partial charge in [-0.25, -0.2) is 0 Å². The van der Waals surface area contributed by atoms with Crippen LogP contribution in [0.1, 0.15) is 43.2 Å². The molecule has 5 nitrogen and oxygen atoms in total. The predicted octanol–water partition coefficient (Wildman–Crippen LogP) is 3.29. The highest BCUT2D eigenvalue weighted by molar-refractivity contribution is 14.0. The lowest BCUT2D eigenvalue weighted by Gasteiger charge is -2.17. The molecule has 23 heavy (non-hydrogen) atoms. The average Bonchev–Trinajstić information content (AvgIpc) is 3.08. The molecule has 0 radical (unpaired) electrons. The third-order valence-corrected chi connectivity index (χ3v) is 5.31. The predicted molar refractivity (Wildman–Crippen MR) is 109 cm³/mol. The van der Waals surface area contributed by atoms with E-state index in [0.717, 1.165) is 42.2 Å². The van der Waals surface area contributed by atoms with Crippen LogP contribution in [-0.4, -0.2) is 41.8 Å². The van der Waals surface area contributed by atoms with Crippen molar-refractivity contribution in [1.29, 1.82) is 0 Å². The van der Waals surface area contributed by atoms with Gasteiger partial charge < -0.3 is 15.2 Å². The van der Waals surface area contributed by atoms with E-state index in [1.54, 1.807) is 0 Å². The minimum atomic E-state index is 0. The first-order valence-corrected chi connectivity index (χ1v) is 9.42. The van der Waals surface area contributed by atoms with Crippen LogP contribution in [0.15, 0.2) is 9.52 Å². The lowest BCUT2D eigenvalue weighted by molar-refractivity contribution is 0.392. The molecule has 0 aliphatic heterocycles. The molecule has 0 amide bonds. The Morgan fingerprint density at radius 1 is 1.39 bits per heavy atom. The second kappa shape index (κ2) is 10.4. The van der Waals surface area contributed by atoms with E-state index in [9.17, 15) is 0 Å². The molecule has 0 spiro atoms. The van der Waals surface area contributed by atoms with Gasteiger partial charge in [0.05, 0.1) is 5.69 Å². The number of rotatable bonds is 6. The molecule has 1 heterocycles. The fourth-order valence-electron chi connectivity index (χ4n) is 2.94. The summed E-state index contributed by atoms with van der Waals surface area (Å²) < 4.78 is 5.20. The highest BCUT2D eigenvalue weighted by Crippen LogP contribution is 2.28. The monoisotopic (exact) mass is 452 g/mol. The van der Waals surface area contributed by atoms with Crippen LogP contribution in [-0.2, 0) is 6.42 Å². The van der Waals surface area contributed by atoms with Crippen LogP contribution >= 0.6 is 35.7 Å². The molecular formula is C16H29IN4OS. The molecule has 0 saturated heterocycles. The van der Waals surface area contributed by atoms with Crippen LogP contribution in [0.25, 0.3) is 0 Å². The molecule has 1 aliphatic carbocycles. The van der Waals surface area contributed by atoms with Crippen molar-refractivity contribution >= 4 is 41.7 Å². The second-order valence-electron chi connectivity index (χ2n) is 5.83. The first kappa shape index (κ1) is 20.6. The van der Waals surface area contributed by atoms with Gasteiger partial charge in [0.2, 0.25) is 0 Å². The van der Waals surface area contributed by atoms with Crippen LogP contribution in [0, 0.1) is 13.8 Å². The zero-order valence-corrected chi connectivity index (χ0v) is 17.7. The van der Waals surface area contributed by atoms with E-state index in [1.165, 1.54) is 24.8 Å². The van der Waals surface area contributed by atoms with Gasteiger partial charge in [0.25, 0.3) is 0 Å². The summed E-state index contributed by atoms with van der Waals surface area (Å²) >= 11 is 1.98. The zero-order valence-electron chi connectivity index (χ0n) is 14.5. The molecule has 7 heteroatoms. The fourth-order valence-corrected chi connectivity index (χ4v) is 3.73. The van der Waals surface area contributed by atoms with Crippen LogP contribution < -0.4 is 10.6 Å². The number of nitrogens with zero attached hydrogens (tertiary/aromatic N) is 2. The number of aromatic nitrogens is 1. The summed E-state index contributed by atoms with van der Waals surface area (Å²) in [6.07, 6.45) is 6.85. The zero-order chi connectivity index (χ0) is 15.9. The van der Waals surface area contributed by atoms with Gasteiger partial charge in [-0.3, -0.25) is 4.99 Å². The molecule has 1 saturated carbocycles. The number of halogens is 1. The standard InChI is InChI=1S/C16H28N4OS.HI/c1-5-17-16(19-13-6-7-14(10-13)22-4)18-9-8-15-11(2)20-21-12(15)3;/h13-14H,5-10H2,1-4H3,(H2,17,18,19);1H. The van der Waals surface area contributed by atoms with Crippen molar-refractivity contribution in [2.45, 2.75) is 57.7 Å². The molecule has 0 aromatic carbocycles. The van der Waals surface area contributed by atoms with E-state index in [0.29, 0.717) is 6.04 Å². The van der Waals surface area contributed by atoms with E-state index in [4.69, 9.17) is 9.52 Å². The highest BCUT2D eigenvalue weighted by Gasteiger charge is 2.24. The van der Waals surface area contributed by atoms with Gasteiger partial charge >= 0.3 is 0 Å². The van der Waals surface area contributed by atoms with Crippen LogP contribution in [0.3, 0.4) is 0 Å². The van der Waals surface area contributed by atoms with Crippen LogP contribution in [0.5, 0.6) is 0 Å². The molecule has 2 N–H and O–H groups in total. The van der Waals surface area contributed by atoms with Crippen molar-refractivity contribution < 1.29 is 4.52 Å². The number of hydrogen-bond donors (Lipinski definition) is 2. The number of nitrogens with one attached hydrogen (secondary N) is 2. The Labute approximate surface area is 160 Å². The molecule has 132 valence electrons. The van der Waals surface area contributed by atoms with Crippen molar-refractivity contribution in [1.82, 2.24) is 15.8 Å². The Hall–Kier alpha value is -0.440. The summed E-state index contributed by atoms with van der Waals surface area (Å²) in [6.45, 7) is 7.68. The van der Waals surface area contributed by atoms with Gasteiger partial charge in [0, 0.05) is 29.9 Å². The number of aryl methyl sites for hydroxylation is 2. The minimum absolute atomic E-state index is 0. The summed E-state index contributed by atoms with van der Waals surface area (Å²) in [5.41, 5.74) is 2.16. The Bertz CT molecular complexity index is 487. The summed E-state index contributed by atoms with van der Waals surface area (Å²) in [5.74, 6) is 1.84. The first-order chi connectivity index (χ1) is 10.6. The molecule has 2 atom stereocenters. The Balaban J connectivity index is 0.00000264. The topological polar surface area (TPSA) is 62.5 Å². The summed E-state index contributed by atoms with van der Waals surface area (Å²) in [7, 11) is 0. The van der Waals surface area contributed by atoms with E-state index in [1.807, 2.05) is 25.6 Å². The number of aliphatic imine (C=N–C) groups is 1. The van der Waals surface area contributed by atoms with Crippen molar-refractivity contribution in [3.8, 4) is 0 Å². The Morgan fingerprint density at radius 2 is 2.17 bits per heavy atom. The van der Waals surface area contributed by atoms with Crippen molar-refractivity contribution in [2.24, 2.45) is 4.99 Å². The molecule has 1 aromatic rings. The van der Waals surface area contributed by atoms with Crippen molar-refractivity contribution in [3.05, 3.63) is 17.0 Å². The van der Waals surface area contributed by atoms with Crippen molar-refractivity contribution in [3.63, 3.8) is 0 Å². The van der Waals surface area contributed by atoms with E-state index < -0.39 is 0 Å². The third-order valence-electron chi connectivity index (χ3n) is 4.22. The first-order valence-electron chi connectivity index (χ1n) is 8.13. The molecule has 2 unspecified atom stereocenters. The van der Waals surface area contributed by atoms with Gasteiger partial charge in [-0.15, -0.1) is 24.0 Å². The largest absolute Gasteiger partial charge is 0.361 e. The molecule has 2 rings (SSSR count). The molecule has 1 aliphatic rings. The third kappa shape index (κ3) is 6.17. The highest BCUT2D eigenvalue weighted by atomic mass is 127. The Morgan fingerprint density at radius 3 is 2.74 bits per heavy atom. The maximum absolute atomic E-state index is 5.20. The molecule has 1 aromatic heterocycles. The van der Waals surface area contributed by atoms with Gasteiger partial charge in [-0.1, -0.05) is 5.16 Å². The van der Waals surface area contributed by atoms with Gasteiger partial charge in [-0.2, -0.15) is 11.8 Å². The molecule has 0 bridgehead atoms. The minimum Gasteiger partial charge on any atom is -0.361 e. The summed E-state index contributed by atoms with van der Waals surface area (Å²) in [5, 5.41) is 11.7. The fraction of sp³-hybridized carbons (Fsp3) is 0.750. The van der Waals surface area contributed by atoms with Crippen LogP contribution in [0.2, 0.25) is 0 Å². The SMILES string of the molecule is CCNC(=NCCc1c(C)noc1C)NC1CCC(SC)C1.I. The Kier molecular flexibility index (Phi) is 9.34.